The first-order valence-electron chi connectivity index (χ1n) is 6.55. The van der Waals surface area contributed by atoms with E-state index in [1.807, 2.05) is 31.2 Å². The van der Waals surface area contributed by atoms with Crippen LogP contribution in [0.15, 0.2) is 48.8 Å². The maximum Gasteiger partial charge on any atom is 0.143 e. The second kappa shape index (κ2) is 5.70. The van der Waals surface area contributed by atoms with Gasteiger partial charge in [-0.05, 0) is 64.9 Å². The van der Waals surface area contributed by atoms with Gasteiger partial charge in [0.2, 0.25) is 0 Å². The van der Waals surface area contributed by atoms with Crippen LogP contribution in [-0.2, 0) is 6.54 Å². The minimum Gasteiger partial charge on any atom is -0.381 e. The maximum absolute atomic E-state index is 13.1. The number of tetrazole rings is 1. The molecule has 1 aromatic heterocycles. The van der Waals surface area contributed by atoms with Crippen LogP contribution in [0.5, 0.6) is 0 Å². The van der Waals surface area contributed by atoms with Crippen LogP contribution >= 0.6 is 0 Å². The lowest BCUT2D eigenvalue weighted by Crippen LogP contribution is -2.02. The van der Waals surface area contributed by atoms with E-state index in [4.69, 9.17) is 0 Å². The summed E-state index contributed by atoms with van der Waals surface area (Å²) in [6, 6.07) is 12.6. The highest BCUT2D eigenvalue weighted by molar-refractivity contribution is 5.49. The van der Waals surface area contributed by atoms with Crippen LogP contribution in [-0.4, -0.2) is 20.2 Å². The first kappa shape index (κ1) is 13.2. The molecule has 2 aromatic carbocycles. The van der Waals surface area contributed by atoms with Crippen LogP contribution in [0, 0.1) is 12.7 Å². The summed E-state index contributed by atoms with van der Waals surface area (Å²) in [6.45, 7) is 2.55. The number of aryl methyl sites for hydroxylation is 1. The Kier molecular flexibility index (Phi) is 3.59. The quantitative estimate of drug-likeness (QED) is 0.800. The summed E-state index contributed by atoms with van der Waals surface area (Å²) in [7, 11) is 0. The fourth-order valence-electron chi connectivity index (χ4n) is 2.07. The lowest BCUT2D eigenvalue weighted by molar-refractivity contribution is 0.625. The minimum absolute atomic E-state index is 0.206. The van der Waals surface area contributed by atoms with Crippen molar-refractivity contribution in [3.8, 4) is 5.69 Å². The van der Waals surface area contributed by atoms with Crippen molar-refractivity contribution in [2.45, 2.75) is 13.5 Å². The summed E-state index contributed by atoms with van der Waals surface area (Å²) in [5.74, 6) is -0.206. The number of aromatic nitrogens is 4. The molecular formula is C15H14FN5. The standard InChI is InChI=1S/C15H14FN5/c1-11-8-13(16)3-2-12(11)9-17-14-4-6-15(7-5-14)21-10-18-19-20-21/h2-8,10,17H,9H2,1H3. The number of rotatable bonds is 4. The van der Waals surface area contributed by atoms with Crippen molar-refractivity contribution in [2.24, 2.45) is 0 Å². The number of hydrogen-bond acceptors (Lipinski definition) is 4. The van der Waals surface area contributed by atoms with E-state index in [9.17, 15) is 4.39 Å². The van der Waals surface area contributed by atoms with E-state index in [0.717, 1.165) is 22.5 Å². The molecular weight excluding hydrogens is 269 g/mol. The maximum atomic E-state index is 13.1. The molecule has 21 heavy (non-hydrogen) atoms. The van der Waals surface area contributed by atoms with Crippen LogP contribution in [0.1, 0.15) is 11.1 Å². The first-order valence-corrected chi connectivity index (χ1v) is 6.55. The molecule has 0 spiro atoms. The van der Waals surface area contributed by atoms with Crippen molar-refractivity contribution in [1.82, 2.24) is 20.2 Å². The number of nitrogens with one attached hydrogen (secondary N) is 1. The average molecular weight is 283 g/mol. The van der Waals surface area contributed by atoms with Crippen molar-refractivity contribution >= 4 is 5.69 Å². The van der Waals surface area contributed by atoms with Gasteiger partial charge in [-0.1, -0.05) is 6.07 Å². The van der Waals surface area contributed by atoms with Gasteiger partial charge < -0.3 is 5.32 Å². The van der Waals surface area contributed by atoms with Crippen molar-refractivity contribution in [2.75, 3.05) is 5.32 Å². The Labute approximate surface area is 121 Å². The molecule has 5 nitrogen and oxygen atoms in total. The van der Waals surface area contributed by atoms with E-state index >= 15 is 0 Å². The van der Waals surface area contributed by atoms with Gasteiger partial charge in [-0.25, -0.2) is 9.07 Å². The van der Waals surface area contributed by atoms with Crippen molar-refractivity contribution < 1.29 is 4.39 Å². The molecule has 106 valence electrons. The molecule has 6 heteroatoms. The molecule has 0 aliphatic carbocycles. The summed E-state index contributed by atoms with van der Waals surface area (Å²) in [5, 5.41) is 14.3. The number of nitrogens with zero attached hydrogens (tertiary/aromatic N) is 4. The molecule has 1 heterocycles. The summed E-state index contributed by atoms with van der Waals surface area (Å²) >= 11 is 0. The lowest BCUT2D eigenvalue weighted by atomic mass is 10.1. The topological polar surface area (TPSA) is 55.6 Å². The predicted molar refractivity (Wildman–Crippen MR) is 77.6 cm³/mol. The van der Waals surface area contributed by atoms with E-state index in [1.165, 1.54) is 12.1 Å². The monoisotopic (exact) mass is 283 g/mol. The Balaban J connectivity index is 1.68. The molecule has 1 N–H and O–H groups in total. The van der Waals surface area contributed by atoms with Gasteiger partial charge in [-0.2, -0.15) is 0 Å². The summed E-state index contributed by atoms with van der Waals surface area (Å²) in [4.78, 5) is 0. The highest BCUT2D eigenvalue weighted by Gasteiger charge is 2.01. The number of anilines is 1. The van der Waals surface area contributed by atoms with Crippen LogP contribution < -0.4 is 5.32 Å². The van der Waals surface area contributed by atoms with Crippen LogP contribution in [0.4, 0.5) is 10.1 Å². The molecule has 0 unspecified atom stereocenters. The van der Waals surface area contributed by atoms with E-state index in [1.54, 1.807) is 17.1 Å². The van der Waals surface area contributed by atoms with Gasteiger partial charge in [0.1, 0.15) is 12.1 Å². The zero-order chi connectivity index (χ0) is 14.7. The van der Waals surface area contributed by atoms with Crippen molar-refractivity contribution in [3.63, 3.8) is 0 Å². The summed E-state index contributed by atoms with van der Waals surface area (Å²) in [5.41, 5.74) is 3.88. The lowest BCUT2D eigenvalue weighted by Gasteiger charge is -2.09. The van der Waals surface area contributed by atoms with Crippen molar-refractivity contribution in [1.29, 1.82) is 0 Å². The third-order valence-electron chi connectivity index (χ3n) is 3.27. The first-order chi connectivity index (χ1) is 10.2. The zero-order valence-electron chi connectivity index (χ0n) is 11.5. The number of benzene rings is 2. The van der Waals surface area contributed by atoms with Crippen LogP contribution in [0.25, 0.3) is 5.69 Å². The predicted octanol–water partition coefficient (Wildman–Crippen LogP) is 2.72. The molecule has 0 atom stereocenters. The third-order valence-corrected chi connectivity index (χ3v) is 3.27. The molecule has 0 radical (unpaired) electrons. The molecule has 0 amide bonds. The van der Waals surface area contributed by atoms with Gasteiger partial charge in [0, 0.05) is 12.2 Å². The second-order valence-electron chi connectivity index (χ2n) is 4.73. The zero-order valence-corrected chi connectivity index (χ0v) is 11.5. The van der Waals surface area contributed by atoms with Crippen LogP contribution in [0.3, 0.4) is 0 Å². The molecule has 0 bridgehead atoms. The van der Waals surface area contributed by atoms with Gasteiger partial charge in [0.25, 0.3) is 0 Å². The van der Waals surface area contributed by atoms with Gasteiger partial charge in [0.15, 0.2) is 0 Å². The molecule has 3 aromatic rings. The normalized spacial score (nSPS) is 10.6. The van der Waals surface area contributed by atoms with E-state index < -0.39 is 0 Å². The molecule has 0 saturated carbocycles. The minimum atomic E-state index is -0.206. The Morgan fingerprint density at radius 2 is 1.95 bits per heavy atom. The molecule has 3 rings (SSSR count). The highest BCUT2D eigenvalue weighted by atomic mass is 19.1. The van der Waals surface area contributed by atoms with E-state index in [-0.39, 0.29) is 5.82 Å². The summed E-state index contributed by atoms with van der Waals surface area (Å²) < 4.78 is 14.6. The fraction of sp³-hybridized carbons (Fsp3) is 0.133. The van der Waals surface area contributed by atoms with Crippen molar-refractivity contribution in [3.05, 3.63) is 65.7 Å². The SMILES string of the molecule is Cc1cc(F)ccc1CNc1ccc(-n2cnnn2)cc1. The number of hydrogen-bond donors (Lipinski definition) is 1. The largest absolute Gasteiger partial charge is 0.381 e. The van der Waals surface area contributed by atoms with E-state index in [0.29, 0.717) is 6.54 Å². The summed E-state index contributed by atoms with van der Waals surface area (Å²) in [6.07, 6.45) is 1.55. The van der Waals surface area contributed by atoms with Gasteiger partial charge in [-0.3, -0.25) is 0 Å². The van der Waals surface area contributed by atoms with Gasteiger partial charge in [-0.15, -0.1) is 5.10 Å². The molecule has 0 aliphatic heterocycles. The van der Waals surface area contributed by atoms with Gasteiger partial charge in [0.05, 0.1) is 5.69 Å². The number of halogens is 1. The Hall–Kier alpha value is -2.76. The Morgan fingerprint density at radius 3 is 2.62 bits per heavy atom. The van der Waals surface area contributed by atoms with E-state index in [2.05, 4.69) is 20.8 Å². The smallest absolute Gasteiger partial charge is 0.143 e. The highest BCUT2D eigenvalue weighted by Crippen LogP contribution is 2.15. The average Bonchev–Trinajstić information content (AvgIpc) is 3.01. The Morgan fingerprint density at radius 1 is 1.14 bits per heavy atom. The Bertz CT molecular complexity index is 722. The molecule has 0 aliphatic rings. The third kappa shape index (κ3) is 3.05. The van der Waals surface area contributed by atoms with Crippen LogP contribution in [0.2, 0.25) is 0 Å². The fourth-order valence-corrected chi connectivity index (χ4v) is 2.07. The second-order valence-corrected chi connectivity index (χ2v) is 4.73. The molecule has 0 saturated heterocycles. The molecule has 0 fully saturated rings. The van der Waals surface area contributed by atoms with Gasteiger partial charge >= 0.3 is 0 Å².